The molecular formula is C20H20N2O4S2. The number of benzene rings is 1. The summed E-state index contributed by atoms with van der Waals surface area (Å²) < 4.78 is 6.18. The van der Waals surface area contributed by atoms with Crippen molar-refractivity contribution in [3.05, 3.63) is 57.8 Å². The Morgan fingerprint density at radius 3 is 2.68 bits per heavy atom. The summed E-state index contributed by atoms with van der Waals surface area (Å²) in [7, 11) is 1.94. The number of hydrogen-bond donors (Lipinski definition) is 1. The highest BCUT2D eigenvalue weighted by atomic mass is 32.2. The number of carboxylic acids is 1. The zero-order valence-corrected chi connectivity index (χ0v) is 17.6. The zero-order chi connectivity index (χ0) is 20.6. The van der Waals surface area contributed by atoms with E-state index in [-0.39, 0.29) is 10.2 Å². The lowest BCUT2D eigenvalue weighted by Gasteiger charge is -2.11. The summed E-state index contributed by atoms with van der Waals surface area (Å²) in [6, 6.07) is 4.11. The number of carbonyl (C=O) groups is 2. The lowest BCUT2D eigenvalue weighted by atomic mass is 10.1. The van der Waals surface area contributed by atoms with Crippen molar-refractivity contribution < 1.29 is 19.4 Å². The summed E-state index contributed by atoms with van der Waals surface area (Å²) in [5.74, 6) is 0.0232. The van der Waals surface area contributed by atoms with Crippen LogP contribution in [0, 0.1) is 13.8 Å². The van der Waals surface area contributed by atoms with Gasteiger partial charge < -0.3 is 14.7 Å². The topological polar surface area (TPSA) is 70.1 Å². The maximum Gasteiger partial charge on any atom is 0.323 e. The molecule has 0 radical (unpaired) electrons. The SMILES string of the molecule is CC(=CC=C1Oc2cc(C)c(C)cc2N1C)C=C1SC(=S)N(CC(=O)O)C1=O. The van der Waals surface area contributed by atoms with Crippen LogP contribution in [0.15, 0.2) is 46.7 Å². The van der Waals surface area contributed by atoms with E-state index in [4.69, 9.17) is 22.1 Å². The second-order valence-corrected chi connectivity index (χ2v) is 8.32. The van der Waals surface area contributed by atoms with E-state index in [9.17, 15) is 9.59 Å². The first kappa shape index (κ1) is 20.2. The van der Waals surface area contributed by atoms with Crippen LogP contribution < -0.4 is 9.64 Å². The van der Waals surface area contributed by atoms with Crippen molar-refractivity contribution >= 4 is 45.9 Å². The highest BCUT2D eigenvalue weighted by Gasteiger charge is 2.33. The van der Waals surface area contributed by atoms with Gasteiger partial charge in [0.1, 0.15) is 10.9 Å². The smallest absolute Gasteiger partial charge is 0.323 e. The minimum absolute atomic E-state index is 0.254. The molecular weight excluding hydrogens is 396 g/mol. The minimum Gasteiger partial charge on any atom is -0.480 e. The molecule has 0 spiro atoms. The number of ether oxygens (including phenoxy) is 1. The lowest BCUT2D eigenvalue weighted by molar-refractivity contribution is -0.140. The van der Waals surface area contributed by atoms with Crippen molar-refractivity contribution in [2.75, 3.05) is 18.5 Å². The van der Waals surface area contributed by atoms with Crippen LogP contribution >= 0.6 is 24.0 Å². The molecule has 0 aliphatic carbocycles. The van der Waals surface area contributed by atoms with Crippen LogP contribution in [0.3, 0.4) is 0 Å². The molecule has 0 saturated carbocycles. The van der Waals surface area contributed by atoms with Gasteiger partial charge in [0.2, 0.25) is 0 Å². The number of thioether (sulfide) groups is 1. The van der Waals surface area contributed by atoms with Gasteiger partial charge in [-0.2, -0.15) is 0 Å². The summed E-state index contributed by atoms with van der Waals surface area (Å²) >= 11 is 6.21. The standard InChI is InChI=1S/C20H20N2O4S2/c1-11(7-16-19(25)22(10-18(23)24)20(27)28-16)5-6-17-21(4)14-8-12(2)13(3)9-15(14)26-17/h5-9H,10H2,1-4H3,(H,23,24). The maximum absolute atomic E-state index is 12.3. The van der Waals surface area contributed by atoms with Crippen LogP contribution in [-0.2, 0) is 9.59 Å². The highest BCUT2D eigenvalue weighted by molar-refractivity contribution is 8.26. The third kappa shape index (κ3) is 3.98. The Labute approximate surface area is 173 Å². The van der Waals surface area contributed by atoms with E-state index in [2.05, 4.69) is 13.0 Å². The van der Waals surface area contributed by atoms with Gasteiger partial charge in [-0.1, -0.05) is 30.1 Å². The van der Waals surface area contributed by atoms with E-state index in [1.165, 1.54) is 11.1 Å². The van der Waals surface area contributed by atoms with Gasteiger partial charge in [-0.25, -0.2) is 0 Å². The van der Waals surface area contributed by atoms with E-state index < -0.39 is 12.5 Å². The number of anilines is 1. The lowest BCUT2D eigenvalue weighted by Crippen LogP contribution is -2.33. The predicted molar refractivity (Wildman–Crippen MR) is 114 cm³/mol. The molecule has 0 atom stereocenters. The molecule has 3 rings (SSSR count). The third-order valence-electron chi connectivity index (χ3n) is 4.50. The molecule has 6 nitrogen and oxygen atoms in total. The number of aliphatic carboxylic acids is 1. The monoisotopic (exact) mass is 416 g/mol. The minimum atomic E-state index is -1.10. The second-order valence-electron chi connectivity index (χ2n) is 6.64. The van der Waals surface area contributed by atoms with Gasteiger partial charge in [0.05, 0.1) is 10.6 Å². The van der Waals surface area contributed by atoms with Gasteiger partial charge in [-0.15, -0.1) is 0 Å². The fourth-order valence-electron chi connectivity index (χ4n) is 2.79. The number of rotatable bonds is 4. The Morgan fingerprint density at radius 2 is 2.00 bits per heavy atom. The molecule has 0 bridgehead atoms. The number of allylic oxidation sites excluding steroid dienone is 4. The largest absolute Gasteiger partial charge is 0.480 e. The van der Waals surface area contributed by atoms with Crippen molar-refractivity contribution in [2.24, 2.45) is 0 Å². The fourth-order valence-corrected chi connectivity index (χ4v) is 4.10. The Morgan fingerprint density at radius 1 is 1.32 bits per heavy atom. The first-order chi connectivity index (χ1) is 13.2. The Balaban J connectivity index is 1.78. The van der Waals surface area contributed by atoms with Crippen LogP contribution in [-0.4, -0.2) is 39.8 Å². The molecule has 2 aliphatic heterocycles. The average Bonchev–Trinajstić information content (AvgIpc) is 3.05. The number of nitrogens with zero attached hydrogens (tertiary/aromatic N) is 2. The fraction of sp³-hybridized carbons (Fsp3) is 0.250. The van der Waals surface area contributed by atoms with Crippen LogP contribution in [0.5, 0.6) is 5.75 Å². The van der Waals surface area contributed by atoms with Crippen molar-refractivity contribution in [2.45, 2.75) is 20.8 Å². The molecule has 1 aromatic rings. The molecule has 1 saturated heterocycles. The van der Waals surface area contributed by atoms with E-state index in [0.717, 1.165) is 33.7 Å². The number of carbonyl (C=O) groups excluding carboxylic acids is 1. The van der Waals surface area contributed by atoms with E-state index >= 15 is 0 Å². The van der Waals surface area contributed by atoms with Gasteiger partial charge in [0, 0.05) is 7.05 Å². The Kier molecular flexibility index (Phi) is 5.62. The molecule has 2 heterocycles. The number of aryl methyl sites for hydroxylation is 2. The van der Waals surface area contributed by atoms with Crippen LogP contribution in [0.1, 0.15) is 18.1 Å². The molecule has 28 heavy (non-hydrogen) atoms. The summed E-state index contributed by atoms with van der Waals surface area (Å²) in [4.78, 5) is 26.7. The number of fused-ring (bicyclic) bond motifs is 1. The normalized spacial score (nSPS) is 19.6. The van der Waals surface area contributed by atoms with Gasteiger partial charge in [0.25, 0.3) is 5.91 Å². The molecule has 0 aromatic heterocycles. The number of hydrogen-bond acceptors (Lipinski definition) is 6. The molecule has 1 amide bonds. The quantitative estimate of drug-likeness (QED) is 0.592. The van der Waals surface area contributed by atoms with E-state index in [1.807, 2.05) is 44.0 Å². The Hall–Kier alpha value is -2.58. The zero-order valence-electron chi connectivity index (χ0n) is 16.0. The van der Waals surface area contributed by atoms with Gasteiger partial charge in [-0.05, 0) is 61.8 Å². The second kappa shape index (κ2) is 7.81. The third-order valence-corrected chi connectivity index (χ3v) is 5.87. The summed E-state index contributed by atoms with van der Waals surface area (Å²) in [5, 5.41) is 8.90. The first-order valence-electron chi connectivity index (χ1n) is 8.56. The summed E-state index contributed by atoms with van der Waals surface area (Å²) in [6.07, 6.45) is 5.39. The first-order valence-corrected chi connectivity index (χ1v) is 9.78. The van der Waals surface area contributed by atoms with Gasteiger partial charge in [-0.3, -0.25) is 14.5 Å². The number of amides is 1. The van der Waals surface area contributed by atoms with E-state index in [1.54, 1.807) is 6.08 Å². The summed E-state index contributed by atoms with van der Waals surface area (Å²) in [6.45, 7) is 5.54. The van der Waals surface area contributed by atoms with Crippen LogP contribution in [0.2, 0.25) is 0 Å². The molecule has 2 aliphatic rings. The molecule has 1 N–H and O–H groups in total. The Bertz CT molecular complexity index is 979. The maximum atomic E-state index is 12.3. The number of carboxylic acid groups (broad SMARTS) is 1. The molecule has 146 valence electrons. The molecule has 8 heteroatoms. The summed E-state index contributed by atoms with van der Waals surface area (Å²) in [5.41, 5.74) is 4.20. The van der Waals surface area contributed by atoms with Gasteiger partial charge >= 0.3 is 5.97 Å². The van der Waals surface area contributed by atoms with Crippen molar-refractivity contribution in [3.63, 3.8) is 0 Å². The van der Waals surface area contributed by atoms with Crippen molar-refractivity contribution in [1.82, 2.24) is 4.90 Å². The van der Waals surface area contributed by atoms with E-state index in [0.29, 0.717) is 10.8 Å². The average molecular weight is 417 g/mol. The van der Waals surface area contributed by atoms with Crippen LogP contribution in [0.25, 0.3) is 0 Å². The molecule has 1 aromatic carbocycles. The van der Waals surface area contributed by atoms with Crippen molar-refractivity contribution in [1.29, 1.82) is 0 Å². The highest BCUT2D eigenvalue weighted by Crippen LogP contribution is 2.39. The predicted octanol–water partition coefficient (Wildman–Crippen LogP) is 3.75. The van der Waals surface area contributed by atoms with Gasteiger partial charge in [0.15, 0.2) is 11.6 Å². The van der Waals surface area contributed by atoms with Crippen LogP contribution in [0.4, 0.5) is 5.69 Å². The molecule has 0 unspecified atom stereocenters. The van der Waals surface area contributed by atoms with Crippen molar-refractivity contribution in [3.8, 4) is 5.75 Å². The number of thiocarbonyl (C=S) groups is 1. The molecule has 1 fully saturated rings.